The molecule has 0 bridgehead atoms. The normalized spacial score (nSPS) is 11.5. The zero-order valence-electron chi connectivity index (χ0n) is 10.3. The standard InChI is InChI=1S/C12H9BrFNO4S2/c13-10-2-1-9(14)3-7(10)5-15-21(18,19)11-4-8(6-20-11)12(16)17/h1-4,6,15H,5H2,(H,16,17). The number of nitrogens with one attached hydrogen (secondary N) is 1. The van der Waals surface area contributed by atoms with Crippen LogP contribution in [-0.2, 0) is 16.6 Å². The van der Waals surface area contributed by atoms with Gasteiger partial charge in [-0.25, -0.2) is 22.3 Å². The topological polar surface area (TPSA) is 83.5 Å². The van der Waals surface area contributed by atoms with E-state index in [0.29, 0.717) is 10.0 Å². The Hall–Kier alpha value is -1.29. The summed E-state index contributed by atoms with van der Waals surface area (Å²) in [5.41, 5.74) is 0.348. The third-order valence-corrected chi connectivity index (χ3v) is 6.16. The molecule has 0 amide bonds. The molecule has 0 aliphatic heterocycles. The second-order valence-electron chi connectivity index (χ2n) is 4.02. The minimum absolute atomic E-state index is 0.0905. The van der Waals surface area contributed by atoms with E-state index < -0.39 is 21.8 Å². The third kappa shape index (κ3) is 3.88. The lowest BCUT2D eigenvalue weighted by Crippen LogP contribution is -2.22. The van der Waals surface area contributed by atoms with Crippen LogP contribution >= 0.6 is 27.3 Å². The molecule has 0 unspecified atom stereocenters. The third-order valence-electron chi connectivity index (χ3n) is 2.55. The van der Waals surface area contributed by atoms with Crippen LogP contribution in [0, 0.1) is 5.82 Å². The smallest absolute Gasteiger partial charge is 0.336 e. The van der Waals surface area contributed by atoms with Crippen LogP contribution in [0.4, 0.5) is 4.39 Å². The zero-order valence-corrected chi connectivity index (χ0v) is 13.6. The van der Waals surface area contributed by atoms with E-state index in [1.165, 1.54) is 23.6 Å². The van der Waals surface area contributed by atoms with Crippen LogP contribution in [0.1, 0.15) is 15.9 Å². The predicted octanol–water partition coefficient (Wildman–Crippen LogP) is 2.83. The van der Waals surface area contributed by atoms with Crippen LogP contribution in [0.25, 0.3) is 0 Å². The van der Waals surface area contributed by atoms with E-state index >= 15 is 0 Å². The highest BCUT2D eigenvalue weighted by atomic mass is 79.9. The number of carboxylic acid groups (broad SMARTS) is 1. The summed E-state index contributed by atoms with van der Waals surface area (Å²) in [5, 5.41) is 10.0. The average Bonchev–Trinajstić information content (AvgIpc) is 2.90. The Bertz CT molecular complexity index is 788. The Balaban J connectivity index is 2.17. The van der Waals surface area contributed by atoms with Gasteiger partial charge in [-0.3, -0.25) is 0 Å². The maximum absolute atomic E-state index is 13.1. The minimum Gasteiger partial charge on any atom is -0.478 e. The van der Waals surface area contributed by atoms with Crippen molar-refractivity contribution in [2.45, 2.75) is 10.8 Å². The molecule has 0 saturated carbocycles. The van der Waals surface area contributed by atoms with Gasteiger partial charge in [0.25, 0.3) is 0 Å². The fourth-order valence-corrected chi connectivity index (χ4v) is 4.08. The summed E-state index contributed by atoms with van der Waals surface area (Å²) >= 11 is 4.01. The van der Waals surface area contributed by atoms with Crippen LogP contribution in [0.2, 0.25) is 0 Å². The fraction of sp³-hybridized carbons (Fsp3) is 0.0833. The molecule has 1 heterocycles. The second-order valence-corrected chi connectivity index (χ2v) is 7.78. The van der Waals surface area contributed by atoms with Gasteiger partial charge in [-0.05, 0) is 29.8 Å². The van der Waals surface area contributed by atoms with E-state index in [2.05, 4.69) is 20.7 Å². The lowest BCUT2D eigenvalue weighted by Gasteiger charge is -2.07. The number of thiophene rings is 1. The highest BCUT2D eigenvalue weighted by Crippen LogP contribution is 2.22. The number of rotatable bonds is 5. The van der Waals surface area contributed by atoms with Gasteiger partial charge >= 0.3 is 5.97 Å². The number of sulfonamides is 1. The number of hydrogen-bond acceptors (Lipinski definition) is 4. The molecule has 0 fully saturated rings. The van der Waals surface area contributed by atoms with Gasteiger partial charge in [0.2, 0.25) is 10.0 Å². The van der Waals surface area contributed by atoms with E-state index in [0.717, 1.165) is 17.4 Å². The summed E-state index contributed by atoms with van der Waals surface area (Å²) < 4.78 is 40.0. The molecule has 0 radical (unpaired) electrons. The van der Waals surface area contributed by atoms with Gasteiger partial charge in [0.15, 0.2) is 0 Å². The Morgan fingerprint density at radius 1 is 1.38 bits per heavy atom. The molecular formula is C12H9BrFNO4S2. The molecule has 2 aromatic rings. The molecule has 0 spiro atoms. The molecule has 2 rings (SSSR count). The maximum atomic E-state index is 13.1. The van der Waals surface area contributed by atoms with Crippen molar-refractivity contribution in [1.82, 2.24) is 4.72 Å². The van der Waals surface area contributed by atoms with Gasteiger partial charge in [-0.2, -0.15) is 0 Å². The van der Waals surface area contributed by atoms with Crippen molar-refractivity contribution in [3.05, 3.63) is 51.1 Å². The highest BCUT2D eigenvalue weighted by Gasteiger charge is 2.19. The first-order chi connectivity index (χ1) is 9.79. The molecule has 0 aliphatic carbocycles. The van der Waals surface area contributed by atoms with Crippen LogP contribution in [0.15, 0.2) is 38.3 Å². The number of halogens is 2. The van der Waals surface area contributed by atoms with Gasteiger partial charge < -0.3 is 5.11 Å². The largest absolute Gasteiger partial charge is 0.478 e. The van der Waals surface area contributed by atoms with Crippen molar-refractivity contribution in [2.75, 3.05) is 0 Å². The molecule has 0 atom stereocenters. The summed E-state index contributed by atoms with van der Waals surface area (Å²) in [6.07, 6.45) is 0. The van der Waals surface area contributed by atoms with Crippen molar-refractivity contribution in [1.29, 1.82) is 0 Å². The quantitative estimate of drug-likeness (QED) is 0.817. The second kappa shape index (κ2) is 6.22. The van der Waals surface area contributed by atoms with Crippen LogP contribution in [0.3, 0.4) is 0 Å². The highest BCUT2D eigenvalue weighted by molar-refractivity contribution is 9.10. The summed E-state index contributed by atoms with van der Waals surface area (Å²) in [7, 11) is -3.84. The number of carboxylic acids is 1. The number of benzene rings is 1. The molecule has 112 valence electrons. The number of hydrogen-bond donors (Lipinski definition) is 2. The predicted molar refractivity (Wildman–Crippen MR) is 79.4 cm³/mol. The van der Waals surface area contributed by atoms with Crippen molar-refractivity contribution >= 4 is 43.3 Å². The summed E-state index contributed by atoms with van der Waals surface area (Å²) in [4.78, 5) is 10.7. The monoisotopic (exact) mass is 393 g/mol. The molecule has 5 nitrogen and oxygen atoms in total. The molecule has 1 aromatic carbocycles. The zero-order chi connectivity index (χ0) is 15.6. The molecule has 21 heavy (non-hydrogen) atoms. The van der Waals surface area contributed by atoms with E-state index in [1.807, 2.05) is 0 Å². The van der Waals surface area contributed by atoms with Crippen molar-refractivity contribution in [3.63, 3.8) is 0 Å². The van der Waals surface area contributed by atoms with Crippen LogP contribution in [-0.4, -0.2) is 19.5 Å². The van der Waals surface area contributed by atoms with E-state index in [4.69, 9.17) is 5.11 Å². The lowest BCUT2D eigenvalue weighted by atomic mass is 10.2. The van der Waals surface area contributed by atoms with Crippen LogP contribution in [0.5, 0.6) is 0 Å². The fourth-order valence-electron chi connectivity index (χ4n) is 1.49. The number of aromatic carboxylic acids is 1. The molecule has 0 aliphatic rings. The minimum atomic E-state index is -3.84. The van der Waals surface area contributed by atoms with Crippen LogP contribution < -0.4 is 4.72 Å². The molecule has 0 saturated heterocycles. The lowest BCUT2D eigenvalue weighted by molar-refractivity contribution is 0.0697. The molecule has 2 N–H and O–H groups in total. The first-order valence-corrected chi connectivity index (χ1v) is 8.70. The molecule has 9 heteroatoms. The Morgan fingerprint density at radius 3 is 2.71 bits per heavy atom. The summed E-state index contributed by atoms with van der Waals surface area (Å²) in [5.74, 6) is -1.67. The van der Waals surface area contributed by atoms with Gasteiger partial charge in [0.1, 0.15) is 10.0 Å². The van der Waals surface area contributed by atoms with Gasteiger partial charge in [-0.1, -0.05) is 15.9 Å². The van der Waals surface area contributed by atoms with Crippen molar-refractivity contribution in [2.24, 2.45) is 0 Å². The van der Waals surface area contributed by atoms with Crippen molar-refractivity contribution in [3.8, 4) is 0 Å². The van der Waals surface area contributed by atoms with E-state index in [-0.39, 0.29) is 16.3 Å². The average molecular weight is 394 g/mol. The van der Waals surface area contributed by atoms with Gasteiger partial charge in [0, 0.05) is 16.4 Å². The van der Waals surface area contributed by atoms with Crippen molar-refractivity contribution < 1.29 is 22.7 Å². The first-order valence-electron chi connectivity index (χ1n) is 5.55. The summed E-state index contributed by atoms with van der Waals surface area (Å²) in [6, 6.07) is 5.02. The Morgan fingerprint density at radius 2 is 2.10 bits per heavy atom. The number of carbonyl (C=O) groups is 1. The van der Waals surface area contributed by atoms with Gasteiger partial charge in [0.05, 0.1) is 5.56 Å². The van der Waals surface area contributed by atoms with E-state index in [9.17, 15) is 17.6 Å². The summed E-state index contributed by atoms with van der Waals surface area (Å²) in [6.45, 7) is -0.110. The van der Waals surface area contributed by atoms with Gasteiger partial charge in [-0.15, -0.1) is 11.3 Å². The molecular weight excluding hydrogens is 385 g/mol. The Labute approximate surface area is 132 Å². The van der Waals surface area contributed by atoms with E-state index in [1.54, 1.807) is 0 Å². The first kappa shape index (κ1) is 16.1. The Kier molecular flexibility index (Phi) is 4.77. The SMILES string of the molecule is O=C(O)c1csc(S(=O)(=O)NCc2cc(F)ccc2Br)c1. The maximum Gasteiger partial charge on any atom is 0.336 e. The molecule has 1 aromatic heterocycles.